The highest BCUT2D eigenvalue weighted by Gasteiger charge is 2.48. The molecule has 6 heterocycles. The van der Waals surface area contributed by atoms with Gasteiger partial charge in [0.15, 0.2) is 11.6 Å². The number of piperazine rings is 1. The van der Waals surface area contributed by atoms with Crippen LogP contribution in [0.4, 0.5) is 10.3 Å². The smallest absolute Gasteiger partial charge is 0.237 e. The molecule has 0 saturated carbocycles. The summed E-state index contributed by atoms with van der Waals surface area (Å²) in [5.74, 6) is 2.86. The predicted octanol–water partition coefficient (Wildman–Crippen LogP) is 2.79. The molecule has 2 bridgehead atoms. The van der Waals surface area contributed by atoms with Gasteiger partial charge in [0, 0.05) is 55.4 Å². The van der Waals surface area contributed by atoms with Crippen molar-refractivity contribution in [3.8, 4) is 23.6 Å². The fourth-order valence-electron chi connectivity index (χ4n) is 6.84. The second-order valence-electron chi connectivity index (χ2n) is 11.9. The van der Waals surface area contributed by atoms with Crippen molar-refractivity contribution < 1.29 is 14.0 Å². The molecule has 43 heavy (non-hydrogen) atoms. The number of pyridine rings is 1. The van der Waals surface area contributed by atoms with Gasteiger partial charge in [-0.1, -0.05) is 12.0 Å². The lowest BCUT2D eigenvalue weighted by Gasteiger charge is -2.35. The standard InChI is InChI=1S/C32H31FN8O2/c1-3-32(28(42)12-21-4-5-27-26(11-21)30(38-37-27)22-6-8-34-20(2)10-22)7-9-39(19-32)18-29(43)40-16-25-13-24(40)17-41(25)31-35-14-23(33)15-36-31/h1,4-6,8,10-11,14-15,24-25H,7,9,12-13,16-19H2,2H3,(H,37,38). The third-order valence-corrected chi connectivity index (χ3v) is 9.10. The van der Waals surface area contributed by atoms with Crippen molar-refractivity contribution in [2.24, 2.45) is 5.41 Å². The predicted molar refractivity (Wildman–Crippen MR) is 158 cm³/mol. The second kappa shape index (κ2) is 10.5. The Morgan fingerprint density at radius 3 is 2.72 bits per heavy atom. The number of H-pyrrole nitrogens is 1. The zero-order chi connectivity index (χ0) is 29.7. The number of benzene rings is 1. The zero-order valence-corrected chi connectivity index (χ0v) is 23.8. The molecule has 3 atom stereocenters. The molecule has 0 radical (unpaired) electrons. The number of halogens is 1. The largest absolute Gasteiger partial charge is 0.335 e. The lowest BCUT2D eigenvalue weighted by Crippen LogP contribution is -2.51. The number of terminal acetylenes is 1. The number of likely N-dealkylation sites (tertiary alicyclic amines) is 2. The van der Waals surface area contributed by atoms with Crippen LogP contribution in [0.2, 0.25) is 0 Å². The van der Waals surface area contributed by atoms with Crippen molar-refractivity contribution in [2.75, 3.05) is 37.6 Å². The number of amides is 1. The van der Waals surface area contributed by atoms with Crippen molar-refractivity contribution in [1.82, 2.24) is 34.9 Å². The summed E-state index contributed by atoms with van der Waals surface area (Å²) in [5.41, 5.74) is 3.51. The number of ketones is 1. The maximum absolute atomic E-state index is 13.7. The second-order valence-corrected chi connectivity index (χ2v) is 11.9. The number of aromatic amines is 1. The molecule has 4 aromatic rings. The van der Waals surface area contributed by atoms with Gasteiger partial charge in [0.05, 0.1) is 36.5 Å². The van der Waals surface area contributed by atoms with Gasteiger partial charge in [0.1, 0.15) is 11.1 Å². The molecule has 1 amide bonds. The average molecular weight is 579 g/mol. The van der Waals surface area contributed by atoms with Crippen LogP contribution in [0.1, 0.15) is 24.1 Å². The fourth-order valence-corrected chi connectivity index (χ4v) is 6.84. The fraction of sp³-hybridized carbons (Fsp3) is 0.375. The molecule has 7 rings (SSSR count). The van der Waals surface area contributed by atoms with Gasteiger partial charge in [-0.05, 0) is 49.6 Å². The molecule has 3 unspecified atom stereocenters. The Morgan fingerprint density at radius 2 is 1.98 bits per heavy atom. The van der Waals surface area contributed by atoms with E-state index in [-0.39, 0.29) is 36.7 Å². The lowest BCUT2D eigenvalue weighted by atomic mass is 9.80. The van der Waals surface area contributed by atoms with E-state index in [0.717, 1.165) is 39.8 Å². The summed E-state index contributed by atoms with van der Waals surface area (Å²) in [5, 5.41) is 8.52. The van der Waals surface area contributed by atoms with E-state index in [0.29, 0.717) is 38.5 Å². The SMILES string of the molecule is C#CC1(C(=O)Cc2ccc3[nH]nc(-c4ccnc(C)c4)c3c2)CCN(CC(=O)N2CC3CC2CN3c2ncc(F)cn2)C1. The van der Waals surface area contributed by atoms with Gasteiger partial charge < -0.3 is 9.80 Å². The van der Waals surface area contributed by atoms with Gasteiger partial charge in [-0.15, -0.1) is 6.42 Å². The molecular weight excluding hydrogens is 547 g/mol. The third kappa shape index (κ3) is 4.91. The summed E-state index contributed by atoms with van der Waals surface area (Å²) in [7, 11) is 0. The first-order valence-corrected chi connectivity index (χ1v) is 14.5. The minimum absolute atomic E-state index is 0.00994. The highest BCUT2D eigenvalue weighted by molar-refractivity contribution is 5.95. The van der Waals surface area contributed by atoms with Crippen LogP contribution in [0.15, 0.2) is 48.9 Å². The number of carbonyl (C=O) groups is 2. The van der Waals surface area contributed by atoms with E-state index < -0.39 is 11.2 Å². The van der Waals surface area contributed by atoms with Crippen LogP contribution >= 0.6 is 0 Å². The first-order valence-electron chi connectivity index (χ1n) is 14.5. The molecule has 3 saturated heterocycles. The monoisotopic (exact) mass is 578 g/mol. The summed E-state index contributed by atoms with van der Waals surface area (Å²) in [4.78, 5) is 45.5. The number of Topliss-reactive ketones (excluding diaryl/α,β-unsaturated/α-hetero) is 1. The molecule has 10 nitrogen and oxygen atoms in total. The molecule has 0 spiro atoms. The molecule has 11 heteroatoms. The van der Waals surface area contributed by atoms with E-state index >= 15 is 0 Å². The van der Waals surface area contributed by atoms with Crippen molar-refractivity contribution in [3.63, 3.8) is 0 Å². The van der Waals surface area contributed by atoms with Crippen LogP contribution < -0.4 is 4.90 Å². The van der Waals surface area contributed by atoms with Crippen molar-refractivity contribution >= 4 is 28.5 Å². The summed E-state index contributed by atoms with van der Waals surface area (Å²) in [6.45, 7) is 4.32. The number of aryl methyl sites for hydroxylation is 1. The third-order valence-electron chi connectivity index (χ3n) is 9.10. The molecule has 1 N–H and O–H groups in total. The van der Waals surface area contributed by atoms with E-state index in [1.807, 2.05) is 52.0 Å². The number of fused-ring (bicyclic) bond motifs is 3. The molecule has 3 fully saturated rings. The lowest BCUT2D eigenvalue weighted by molar-refractivity contribution is -0.133. The van der Waals surface area contributed by atoms with Gasteiger partial charge in [-0.3, -0.25) is 24.6 Å². The minimum atomic E-state index is -0.933. The van der Waals surface area contributed by atoms with E-state index in [4.69, 9.17) is 6.42 Å². The molecule has 3 aromatic heterocycles. The first-order chi connectivity index (χ1) is 20.8. The van der Waals surface area contributed by atoms with Crippen LogP contribution in [0.3, 0.4) is 0 Å². The van der Waals surface area contributed by atoms with Crippen molar-refractivity contribution in [3.05, 3.63) is 66.0 Å². The molecule has 1 aromatic carbocycles. The Kier molecular flexibility index (Phi) is 6.66. The summed E-state index contributed by atoms with van der Waals surface area (Å²) in [6, 6.07) is 9.96. The molecular formula is C32H31FN8O2. The Hall–Kier alpha value is -4.69. The number of aromatic nitrogens is 5. The highest BCUT2D eigenvalue weighted by atomic mass is 19.1. The Labute approximate surface area is 248 Å². The number of nitrogens with one attached hydrogen (secondary N) is 1. The van der Waals surface area contributed by atoms with Crippen molar-refractivity contribution in [1.29, 1.82) is 0 Å². The maximum Gasteiger partial charge on any atom is 0.237 e. The number of carbonyl (C=O) groups excluding carboxylic acids is 2. The molecule has 3 aliphatic heterocycles. The van der Waals surface area contributed by atoms with Gasteiger partial charge in [0.25, 0.3) is 0 Å². The van der Waals surface area contributed by atoms with E-state index in [9.17, 15) is 14.0 Å². The number of hydrogen-bond acceptors (Lipinski definition) is 8. The average Bonchev–Trinajstić information content (AvgIpc) is 3.80. The van der Waals surface area contributed by atoms with Gasteiger partial charge in [0.2, 0.25) is 11.9 Å². The summed E-state index contributed by atoms with van der Waals surface area (Å²) >= 11 is 0. The van der Waals surface area contributed by atoms with Gasteiger partial charge in [-0.2, -0.15) is 5.10 Å². The Morgan fingerprint density at radius 1 is 1.14 bits per heavy atom. The molecule has 218 valence electrons. The highest BCUT2D eigenvalue weighted by Crippen LogP contribution is 2.36. The summed E-state index contributed by atoms with van der Waals surface area (Å²) < 4.78 is 13.3. The normalized spacial score (nSPS) is 23.3. The van der Waals surface area contributed by atoms with Crippen LogP contribution in [0, 0.1) is 30.5 Å². The van der Waals surface area contributed by atoms with E-state index in [1.54, 1.807) is 6.20 Å². The van der Waals surface area contributed by atoms with Crippen LogP contribution in [0.25, 0.3) is 22.2 Å². The number of nitrogens with zero attached hydrogens (tertiary/aromatic N) is 7. The zero-order valence-electron chi connectivity index (χ0n) is 23.8. The van der Waals surface area contributed by atoms with Gasteiger partial charge >= 0.3 is 0 Å². The van der Waals surface area contributed by atoms with Crippen LogP contribution in [0.5, 0.6) is 0 Å². The minimum Gasteiger partial charge on any atom is -0.335 e. The number of hydrogen-bond donors (Lipinski definition) is 1. The number of rotatable bonds is 7. The maximum atomic E-state index is 13.7. The van der Waals surface area contributed by atoms with Crippen LogP contribution in [-0.4, -0.2) is 91.4 Å². The first kappa shape index (κ1) is 27.2. The van der Waals surface area contributed by atoms with Gasteiger partial charge in [-0.25, -0.2) is 14.4 Å². The molecule has 3 aliphatic rings. The summed E-state index contributed by atoms with van der Waals surface area (Å²) in [6.07, 6.45) is 11.7. The quantitative estimate of drug-likeness (QED) is 0.334. The number of anilines is 1. The van der Waals surface area contributed by atoms with E-state index in [1.165, 1.54) is 12.4 Å². The Bertz CT molecular complexity index is 1770. The van der Waals surface area contributed by atoms with Crippen molar-refractivity contribution in [2.45, 2.75) is 38.3 Å². The van der Waals surface area contributed by atoms with E-state index in [2.05, 4.69) is 31.1 Å². The molecule has 0 aliphatic carbocycles. The van der Waals surface area contributed by atoms with Crippen LogP contribution in [-0.2, 0) is 16.0 Å². The Balaban J connectivity index is 0.994. The topological polar surface area (TPSA) is 111 Å².